The van der Waals surface area contributed by atoms with Gasteiger partial charge < -0.3 is 5.32 Å². The lowest BCUT2D eigenvalue weighted by molar-refractivity contribution is -0.123. The Morgan fingerprint density at radius 1 is 1.10 bits per heavy atom. The van der Waals surface area contributed by atoms with Crippen molar-refractivity contribution in [2.24, 2.45) is 0 Å². The maximum atomic E-state index is 12.5. The second-order valence-corrected chi connectivity index (χ2v) is 5.87. The Morgan fingerprint density at radius 2 is 1.81 bits per heavy atom. The molecule has 2 aliphatic rings. The molecule has 0 bridgehead atoms. The van der Waals surface area contributed by atoms with E-state index in [1.807, 2.05) is 0 Å². The Bertz CT molecular complexity index is 763. The van der Waals surface area contributed by atoms with Crippen molar-refractivity contribution in [1.82, 2.24) is 10.2 Å². The molecular formula is C13H10N2O4S2. The second kappa shape index (κ2) is 5.38. The number of carbonyl (C=O) groups is 2. The highest BCUT2D eigenvalue weighted by atomic mass is 32.1. The van der Waals surface area contributed by atoms with Crippen molar-refractivity contribution in [3.05, 3.63) is 35.4 Å². The first-order valence-electron chi connectivity index (χ1n) is 6.23. The molecule has 0 aromatic heterocycles. The summed E-state index contributed by atoms with van der Waals surface area (Å²) in [5.74, 6) is -0.769. The van der Waals surface area contributed by atoms with Gasteiger partial charge in [0.25, 0.3) is 5.91 Å². The number of hydrogen-bond donors (Lipinski definition) is 1. The molecule has 0 aliphatic carbocycles. The molecule has 0 saturated carbocycles. The molecule has 1 atom stereocenters. The first-order valence-corrected chi connectivity index (χ1v) is 7.72. The second-order valence-electron chi connectivity index (χ2n) is 4.66. The standard InChI is InChI=1S/C13H10N2O4S2/c16-11-9(5-6-10(14-11)20-18)15-12(17)7-3-1-2-4-8(7)13(15)21-19/h1-4,9H,5-6H2,(H,14,16). The van der Waals surface area contributed by atoms with Gasteiger partial charge in [-0.1, -0.05) is 18.2 Å². The van der Waals surface area contributed by atoms with Crippen LogP contribution < -0.4 is 5.32 Å². The van der Waals surface area contributed by atoms with Crippen molar-refractivity contribution in [1.29, 1.82) is 0 Å². The summed E-state index contributed by atoms with van der Waals surface area (Å²) in [7, 11) is 0. The molecule has 2 heterocycles. The summed E-state index contributed by atoms with van der Waals surface area (Å²) in [6.45, 7) is 0. The van der Waals surface area contributed by atoms with Gasteiger partial charge in [0, 0.05) is 12.0 Å². The van der Waals surface area contributed by atoms with Gasteiger partial charge in [0.2, 0.25) is 5.91 Å². The third-order valence-corrected chi connectivity index (χ3v) is 4.61. The summed E-state index contributed by atoms with van der Waals surface area (Å²) < 4.78 is 22.2. The fourth-order valence-electron chi connectivity index (χ4n) is 2.57. The molecule has 108 valence electrons. The Kier molecular flexibility index (Phi) is 3.56. The molecule has 0 radical (unpaired) electrons. The maximum absolute atomic E-state index is 12.5. The third kappa shape index (κ3) is 2.16. The molecular weight excluding hydrogens is 312 g/mol. The number of benzene rings is 1. The van der Waals surface area contributed by atoms with E-state index >= 15 is 0 Å². The molecule has 8 heteroatoms. The molecule has 6 nitrogen and oxygen atoms in total. The van der Waals surface area contributed by atoms with E-state index in [1.54, 1.807) is 24.3 Å². The molecule has 21 heavy (non-hydrogen) atoms. The quantitative estimate of drug-likeness (QED) is 0.704. The lowest BCUT2D eigenvalue weighted by Crippen LogP contribution is -2.54. The van der Waals surface area contributed by atoms with Crippen molar-refractivity contribution < 1.29 is 18.0 Å². The van der Waals surface area contributed by atoms with E-state index in [-0.39, 0.29) is 33.4 Å². The lowest BCUT2D eigenvalue weighted by Gasteiger charge is -2.29. The van der Waals surface area contributed by atoms with Gasteiger partial charge >= 0.3 is 0 Å². The maximum Gasteiger partial charge on any atom is 0.260 e. The van der Waals surface area contributed by atoms with Gasteiger partial charge in [-0.05, 0) is 12.5 Å². The average molecular weight is 322 g/mol. The Balaban J connectivity index is 2.01. The number of carbonyl (C=O) groups excluding carboxylic acids is 2. The van der Waals surface area contributed by atoms with Gasteiger partial charge in [-0.25, -0.2) is 8.42 Å². The summed E-state index contributed by atoms with van der Waals surface area (Å²) in [6.07, 6.45) is 0.724. The van der Waals surface area contributed by atoms with Gasteiger partial charge in [-0.15, -0.1) is 0 Å². The van der Waals surface area contributed by atoms with Crippen LogP contribution in [0.15, 0.2) is 24.3 Å². The first-order chi connectivity index (χ1) is 10.2. The van der Waals surface area contributed by atoms with Crippen LogP contribution in [0.5, 0.6) is 0 Å². The largest absolute Gasteiger partial charge is 0.317 e. The summed E-state index contributed by atoms with van der Waals surface area (Å²) >= 11 is 0.454. The summed E-state index contributed by atoms with van der Waals surface area (Å²) in [6, 6.07) is 6.04. The molecule has 1 N–H and O–H groups in total. The Hall–Kier alpha value is -2.06. The molecule has 1 aromatic rings. The number of hydrogen-bond acceptors (Lipinski definition) is 4. The summed E-state index contributed by atoms with van der Waals surface area (Å²) in [4.78, 5) is 26.4. The van der Waals surface area contributed by atoms with E-state index in [9.17, 15) is 18.0 Å². The first kappa shape index (κ1) is 13.9. The minimum Gasteiger partial charge on any atom is -0.317 e. The fourth-order valence-corrected chi connectivity index (χ4v) is 3.47. The highest BCUT2D eigenvalue weighted by Crippen LogP contribution is 2.27. The van der Waals surface area contributed by atoms with Gasteiger partial charge in [-0.3, -0.25) is 14.5 Å². The predicted molar refractivity (Wildman–Crippen MR) is 79.2 cm³/mol. The monoisotopic (exact) mass is 322 g/mol. The molecule has 1 saturated heterocycles. The molecule has 1 unspecified atom stereocenters. The zero-order valence-corrected chi connectivity index (χ0v) is 12.3. The van der Waals surface area contributed by atoms with Crippen molar-refractivity contribution in [2.75, 3.05) is 0 Å². The van der Waals surface area contributed by atoms with Gasteiger partial charge in [0.05, 0.1) is 5.56 Å². The van der Waals surface area contributed by atoms with Gasteiger partial charge in [-0.2, -0.15) is 0 Å². The molecule has 2 aliphatic heterocycles. The van der Waals surface area contributed by atoms with Crippen molar-refractivity contribution in [2.45, 2.75) is 18.9 Å². The van der Waals surface area contributed by atoms with Crippen LogP contribution in [0.4, 0.5) is 0 Å². The zero-order valence-electron chi connectivity index (χ0n) is 10.7. The lowest BCUT2D eigenvalue weighted by atomic mass is 10.1. The fraction of sp³-hybridized carbons (Fsp3) is 0.231. The molecule has 1 fully saturated rings. The third-order valence-electron chi connectivity index (χ3n) is 3.53. The van der Waals surface area contributed by atoms with Gasteiger partial charge in [0.15, 0.2) is 0 Å². The minimum atomic E-state index is -0.753. The van der Waals surface area contributed by atoms with Gasteiger partial charge in [0.1, 0.15) is 38.5 Å². The number of fused-ring (bicyclic) bond motifs is 1. The van der Waals surface area contributed by atoms with Crippen LogP contribution in [0.2, 0.25) is 0 Å². The number of amides is 2. The van der Waals surface area contributed by atoms with Crippen LogP contribution >= 0.6 is 0 Å². The van der Waals surface area contributed by atoms with Crippen LogP contribution in [-0.2, 0) is 27.3 Å². The number of nitrogens with zero attached hydrogens (tertiary/aromatic N) is 1. The van der Waals surface area contributed by atoms with Crippen LogP contribution in [0.3, 0.4) is 0 Å². The average Bonchev–Trinajstić information content (AvgIpc) is 2.80. The van der Waals surface area contributed by atoms with E-state index in [1.165, 1.54) is 4.90 Å². The minimum absolute atomic E-state index is 0.207. The van der Waals surface area contributed by atoms with E-state index in [4.69, 9.17) is 0 Å². The number of rotatable bonds is 1. The zero-order chi connectivity index (χ0) is 15.0. The van der Waals surface area contributed by atoms with Crippen LogP contribution in [0, 0.1) is 0 Å². The van der Waals surface area contributed by atoms with Crippen molar-refractivity contribution in [3.8, 4) is 0 Å². The smallest absolute Gasteiger partial charge is 0.260 e. The van der Waals surface area contributed by atoms with E-state index in [0.717, 1.165) is 0 Å². The van der Waals surface area contributed by atoms with Crippen LogP contribution in [0.1, 0.15) is 28.8 Å². The number of nitrogens with one attached hydrogen (secondary N) is 1. The Labute approximate surface area is 127 Å². The SMILES string of the molecule is O=S=C1CCC(N2C(=O)c3ccccc3C2=S=O)C(=O)N1. The molecule has 0 spiro atoms. The molecule has 1 aromatic carbocycles. The van der Waals surface area contributed by atoms with Crippen molar-refractivity contribution in [3.63, 3.8) is 0 Å². The van der Waals surface area contributed by atoms with Crippen molar-refractivity contribution >= 4 is 44.3 Å². The molecule has 2 amide bonds. The topological polar surface area (TPSA) is 83.6 Å². The predicted octanol–water partition coefficient (Wildman–Crippen LogP) is -0.545. The molecule has 3 rings (SSSR count). The highest BCUT2D eigenvalue weighted by Gasteiger charge is 2.42. The summed E-state index contributed by atoms with van der Waals surface area (Å²) in [5, 5.41) is 2.49. The van der Waals surface area contributed by atoms with Crippen LogP contribution in [-0.4, -0.2) is 41.2 Å². The van der Waals surface area contributed by atoms with E-state index < -0.39 is 11.9 Å². The Morgan fingerprint density at radius 3 is 2.43 bits per heavy atom. The van der Waals surface area contributed by atoms with Crippen LogP contribution in [0.25, 0.3) is 0 Å². The number of piperidine rings is 1. The van der Waals surface area contributed by atoms with E-state index in [0.29, 0.717) is 29.0 Å². The summed E-state index contributed by atoms with van der Waals surface area (Å²) in [5.41, 5.74) is 0.986. The highest BCUT2D eigenvalue weighted by molar-refractivity contribution is 7.67. The normalized spacial score (nSPS) is 21.1. The van der Waals surface area contributed by atoms with E-state index in [2.05, 4.69) is 5.32 Å².